The predicted molar refractivity (Wildman–Crippen MR) is 95.1 cm³/mol. The Hall–Kier alpha value is -3.41. The molecule has 0 spiro atoms. The average molecular weight is 333 g/mol. The highest BCUT2D eigenvalue weighted by Crippen LogP contribution is 2.11. The fourth-order valence-corrected chi connectivity index (χ4v) is 2.17. The Morgan fingerprint density at radius 3 is 2.40 bits per heavy atom. The van der Waals surface area contributed by atoms with Gasteiger partial charge in [0.15, 0.2) is 5.82 Å². The van der Waals surface area contributed by atoms with Crippen LogP contribution in [0.5, 0.6) is 0 Å². The number of hydrogen-bond donors (Lipinski definition) is 1. The minimum atomic E-state index is -0.296. The molecule has 124 valence electrons. The molecule has 0 saturated carbocycles. The van der Waals surface area contributed by atoms with E-state index in [0.717, 1.165) is 0 Å². The number of rotatable bonds is 5. The van der Waals surface area contributed by atoms with Gasteiger partial charge in [-0.05, 0) is 30.3 Å². The number of aliphatic imine (C=N–C) groups is 1. The predicted octanol–water partition coefficient (Wildman–Crippen LogP) is 3.00. The molecule has 1 aromatic carbocycles. The Balaban J connectivity index is 1.96. The van der Waals surface area contributed by atoms with Crippen LogP contribution in [0.1, 0.15) is 17.1 Å². The maximum absolute atomic E-state index is 13.8. The summed E-state index contributed by atoms with van der Waals surface area (Å²) in [5.74, 6) is 0.104. The van der Waals surface area contributed by atoms with E-state index in [-0.39, 0.29) is 12.4 Å². The second kappa shape index (κ2) is 7.92. The first kappa shape index (κ1) is 16.4. The minimum Gasteiger partial charge on any atom is -0.396 e. The van der Waals surface area contributed by atoms with Crippen molar-refractivity contribution in [3.8, 4) is 0 Å². The molecule has 0 aliphatic rings. The van der Waals surface area contributed by atoms with Crippen molar-refractivity contribution in [3.05, 3.63) is 96.1 Å². The number of nitrogens with zero attached hydrogens (tertiary/aromatic N) is 4. The van der Waals surface area contributed by atoms with Crippen LogP contribution < -0.4 is 5.73 Å². The van der Waals surface area contributed by atoms with Crippen molar-refractivity contribution in [3.63, 3.8) is 0 Å². The Morgan fingerprint density at radius 2 is 1.68 bits per heavy atom. The zero-order chi connectivity index (χ0) is 17.5. The SMILES string of the molecule is NC(=CC(=NCc1ccccc1F)c1ccccn1)c1ncccn1. The lowest BCUT2D eigenvalue weighted by molar-refractivity contribution is 0.611. The number of aromatic nitrogens is 3. The molecule has 0 saturated heterocycles. The van der Waals surface area contributed by atoms with Crippen LogP contribution >= 0.6 is 0 Å². The van der Waals surface area contributed by atoms with Crippen molar-refractivity contribution < 1.29 is 4.39 Å². The standard InChI is InChI=1S/C19H16FN5/c20-15-7-2-1-6-14(15)13-25-18(17-8-3-4-9-22-17)12-16(21)19-23-10-5-11-24-19/h1-12H,13,21H2. The van der Waals surface area contributed by atoms with Gasteiger partial charge in [0.05, 0.1) is 23.6 Å². The van der Waals surface area contributed by atoms with Crippen molar-refractivity contribution in [1.29, 1.82) is 0 Å². The summed E-state index contributed by atoms with van der Waals surface area (Å²) in [6.07, 6.45) is 6.54. The maximum atomic E-state index is 13.8. The molecule has 0 radical (unpaired) electrons. The Labute approximate surface area is 144 Å². The van der Waals surface area contributed by atoms with Gasteiger partial charge in [-0.25, -0.2) is 14.4 Å². The lowest BCUT2D eigenvalue weighted by atomic mass is 10.1. The molecule has 0 amide bonds. The van der Waals surface area contributed by atoms with E-state index in [0.29, 0.717) is 28.5 Å². The fourth-order valence-electron chi connectivity index (χ4n) is 2.17. The second-order valence-corrected chi connectivity index (χ2v) is 5.18. The normalized spacial score (nSPS) is 12.2. The van der Waals surface area contributed by atoms with Crippen LogP contribution in [-0.4, -0.2) is 20.7 Å². The van der Waals surface area contributed by atoms with E-state index in [9.17, 15) is 4.39 Å². The summed E-state index contributed by atoms with van der Waals surface area (Å²) in [5, 5.41) is 0. The zero-order valence-electron chi connectivity index (χ0n) is 13.4. The van der Waals surface area contributed by atoms with E-state index < -0.39 is 0 Å². The number of nitrogens with two attached hydrogens (primary N) is 1. The summed E-state index contributed by atoms with van der Waals surface area (Å²) >= 11 is 0. The quantitative estimate of drug-likeness (QED) is 0.728. The third-order valence-electron chi connectivity index (χ3n) is 3.42. The summed E-state index contributed by atoms with van der Waals surface area (Å²) in [5.41, 5.74) is 8.12. The molecular weight excluding hydrogens is 317 g/mol. The highest BCUT2D eigenvalue weighted by Gasteiger charge is 2.07. The van der Waals surface area contributed by atoms with Crippen molar-refractivity contribution in [2.75, 3.05) is 0 Å². The van der Waals surface area contributed by atoms with Crippen LogP contribution in [0.15, 0.2) is 78.2 Å². The number of halogens is 1. The first-order chi connectivity index (χ1) is 12.2. The van der Waals surface area contributed by atoms with E-state index in [1.54, 1.807) is 48.9 Å². The van der Waals surface area contributed by atoms with Crippen molar-refractivity contribution >= 4 is 11.4 Å². The monoisotopic (exact) mass is 333 g/mol. The molecule has 6 heteroatoms. The fraction of sp³-hybridized carbons (Fsp3) is 0.0526. The van der Waals surface area contributed by atoms with Crippen LogP contribution in [0.4, 0.5) is 4.39 Å². The van der Waals surface area contributed by atoms with Crippen LogP contribution in [-0.2, 0) is 6.54 Å². The number of allylic oxidation sites excluding steroid dienone is 1. The molecule has 25 heavy (non-hydrogen) atoms. The third kappa shape index (κ3) is 4.32. The van der Waals surface area contributed by atoms with E-state index in [2.05, 4.69) is 19.9 Å². The summed E-state index contributed by atoms with van der Waals surface area (Å²) in [6.45, 7) is 0.179. The van der Waals surface area contributed by atoms with Gasteiger partial charge >= 0.3 is 0 Å². The largest absolute Gasteiger partial charge is 0.396 e. The molecule has 2 heterocycles. The molecule has 3 rings (SSSR count). The van der Waals surface area contributed by atoms with Gasteiger partial charge in [-0.2, -0.15) is 0 Å². The van der Waals surface area contributed by atoms with Crippen molar-refractivity contribution in [2.24, 2.45) is 10.7 Å². The van der Waals surface area contributed by atoms with Gasteiger partial charge in [0.2, 0.25) is 0 Å². The van der Waals surface area contributed by atoms with Crippen LogP contribution in [0.25, 0.3) is 5.70 Å². The zero-order valence-corrected chi connectivity index (χ0v) is 13.4. The van der Waals surface area contributed by atoms with Gasteiger partial charge in [0.1, 0.15) is 5.82 Å². The molecule has 5 nitrogen and oxygen atoms in total. The number of benzene rings is 1. The molecule has 0 aliphatic heterocycles. The van der Waals surface area contributed by atoms with E-state index in [1.807, 2.05) is 18.2 Å². The second-order valence-electron chi connectivity index (χ2n) is 5.18. The number of pyridine rings is 1. The van der Waals surface area contributed by atoms with Gasteiger partial charge in [0.25, 0.3) is 0 Å². The molecule has 2 N–H and O–H groups in total. The third-order valence-corrected chi connectivity index (χ3v) is 3.42. The van der Waals surface area contributed by atoms with E-state index >= 15 is 0 Å². The lowest BCUT2D eigenvalue weighted by Gasteiger charge is -2.05. The molecule has 2 aromatic heterocycles. The smallest absolute Gasteiger partial charge is 0.175 e. The molecule has 0 fully saturated rings. The molecular formula is C19H16FN5. The van der Waals surface area contributed by atoms with Gasteiger partial charge < -0.3 is 5.73 Å². The summed E-state index contributed by atoms with van der Waals surface area (Å²) in [7, 11) is 0. The molecule has 3 aromatic rings. The van der Waals surface area contributed by atoms with Crippen molar-refractivity contribution in [2.45, 2.75) is 6.54 Å². The van der Waals surface area contributed by atoms with Crippen LogP contribution in [0.3, 0.4) is 0 Å². The van der Waals surface area contributed by atoms with Crippen LogP contribution in [0.2, 0.25) is 0 Å². The topological polar surface area (TPSA) is 77.0 Å². The molecule has 0 aliphatic carbocycles. The summed E-state index contributed by atoms with van der Waals surface area (Å²) in [6, 6.07) is 13.7. The molecule has 0 unspecified atom stereocenters. The van der Waals surface area contributed by atoms with E-state index in [1.165, 1.54) is 6.07 Å². The summed E-state index contributed by atoms with van der Waals surface area (Å²) < 4.78 is 13.8. The lowest BCUT2D eigenvalue weighted by Crippen LogP contribution is -2.08. The van der Waals surface area contributed by atoms with Gasteiger partial charge in [0, 0.05) is 24.2 Å². The molecule has 0 bridgehead atoms. The first-order valence-electron chi connectivity index (χ1n) is 7.68. The first-order valence-corrected chi connectivity index (χ1v) is 7.68. The maximum Gasteiger partial charge on any atom is 0.175 e. The van der Waals surface area contributed by atoms with E-state index in [4.69, 9.17) is 5.73 Å². The Kier molecular flexibility index (Phi) is 5.21. The van der Waals surface area contributed by atoms with Gasteiger partial charge in [-0.1, -0.05) is 24.3 Å². The number of hydrogen-bond acceptors (Lipinski definition) is 5. The summed E-state index contributed by atoms with van der Waals surface area (Å²) in [4.78, 5) is 17.0. The Morgan fingerprint density at radius 1 is 0.960 bits per heavy atom. The minimum absolute atomic E-state index is 0.179. The Bertz CT molecular complexity index is 892. The average Bonchev–Trinajstić information content (AvgIpc) is 2.67. The highest BCUT2D eigenvalue weighted by molar-refractivity contribution is 6.10. The van der Waals surface area contributed by atoms with Crippen LogP contribution in [0, 0.1) is 5.82 Å². The van der Waals surface area contributed by atoms with Crippen molar-refractivity contribution in [1.82, 2.24) is 15.0 Å². The van der Waals surface area contributed by atoms with Gasteiger partial charge in [-0.3, -0.25) is 9.98 Å². The molecule has 0 atom stereocenters. The van der Waals surface area contributed by atoms with Gasteiger partial charge in [-0.15, -0.1) is 0 Å². The highest BCUT2D eigenvalue weighted by atomic mass is 19.1.